The second-order valence-corrected chi connectivity index (χ2v) is 9.19. The Morgan fingerprint density at radius 3 is 2.49 bits per heavy atom. The maximum atomic E-state index is 12.9. The molecule has 3 heterocycles. The molecule has 35 heavy (non-hydrogen) atoms. The number of hydrogen-bond donors (Lipinski definition) is 1. The van der Waals surface area contributed by atoms with Crippen molar-refractivity contribution >= 4 is 5.91 Å². The van der Waals surface area contributed by atoms with Crippen molar-refractivity contribution in [2.45, 2.75) is 45.8 Å². The van der Waals surface area contributed by atoms with Crippen molar-refractivity contribution in [1.29, 1.82) is 0 Å². The maximum Gasteiger partial charge on any atom is 0.253 e. The van der Waals surface area contributed by atoms with Crippen molar-refractivity contribution in [3.63, 3.8) is 0 Å². The van der Waals surface area contributed by atoms with Crippen LogP contribution in [0.3, 0.4) is 0 Å². The van der Waals surface area contributed by atoms with Gasteiger partial charge in [-0.25, -0.2) is 0 Å². The Morgan fingerprint density at radius 1 is 1.06 bits per heavy atom. The van der Waals surface area contributed by atoms with E-state index in [-0.39, 0.29) is 11.9 Å². The SMILES string of the molecule is COc1cccc(OC)c1CN1CCc2nnc(C(CC(C)C)NC(=O)c3cccnc3)n2CC1. The summed E-state index contributed by atoms with van der Waals surface area (Å²) in [6, 6.07) is 9.16. The summed E-state index contributed by atoms with van der Waals surface area (Å²) in [4.78, 5) is 19.4. The second kappa shape index (κ2) is 11.3. The van der Waals surface area contributed by atoms with Crippen molar-refractivity contribution in [2.75, 3.05) is 27.3 Å². The molecule has 9 nitrogen and oxygen atoms in total. The number of methoxy groups -OCH3 is 2. The molecule has 1 atom stereocenters. The molecular formula is C26H34N6O3. The lowest BCUT2D eigenvalue weighted by Crippen LogP contribution is -2.32. The van der Waals surface area contributed by atoms with E-state index in [0.717, 1.165) is 61.2 Å². The molecular weight excluding hydrogens is 444 g/mol. The van der Waals surface area contributed by atoms with Gasteiger partial charge < -0.3 is 19.4 Å². The Hall–Kier alpha value is -3.46. The van der Waals surface area contributed by atoms with E-state index >= 15 is 0 Å². The number of nitrogens with one attached hydrogen (secondary N) is 1. The van der Waals surface area contributed by atoms with E-state index in [1.54, 1.807) is 38.7 Å². The van der Waals surface area contributed by atoms with Crippen LogP contribution >= 0.6 is 0 Å². The fourth-order valence-corrected chi connectivity index (χ4v) is 4.55. The van der Waals surface area contributed by atoms with Crippen LogP contribution in [0.25, 0.3) is 0 Å². The number of ether oxygens (including phenoxy) is 2. The molecule has 2 aromatic heterocycles. The molecule has 1 unspecified atom stereocenters. The number of aromatic nitrogens is 4. The van der Waals surface area contributed by atoms with E-state index in [1.165, 1.54) is 0 Å². The fraction of sp³-hybridized carbons (Fsp3) is 0.462. The van der Waals surface area contributed by atoms with Gasteiger partial charge in [0.05, 0.1) is 31.4 Å². The zero-order chi connectivity index (χ0) is 24.8. The van der Waals surface area contributed by atoms with Crippen molar-refractivity contribution in [3.05, 3.63) is 65.5 Å². The predicted octanol–water partition coefficient (Wildman–Crippen LogP) is 3.27. The van der Waals surface area contributed by atoms with Gasteiger partial charge in [0.2, 0.25) is 0 Å². The highest BCUT2D eigenvalue weighted by molar-refractivity contribution is 5.94. The smallest absolute Gasteiger partial charge is 0.253 e. The maximum absolute atomic E-state index is 12.9. The Bertz CT molecular complexity index is 1110. The van der Waals surface area contributed by atoms with Gasteiger partial charge in [0, 0.05) is 45.0 Å². The summed E-state index contributed by atoms with van der Waals surface area (Å²) in [5.41, 5.74) is 1.57. The van der Waals surface area contributed by atoms with Crippen LogP contribution in [-0.2, 0) is 19.5 Å². The highest BCUT2D eigenvalue weighted by Gasteiger charge is 2.27. The van der Waals surface area contributed by atoms with Crippen molar-refractivity contribution in [2.24, 2.45) is 5.92 Å². The minimum atomic E-state index is -0.232. The number of nitrogens with zero attached hydrogens (tertiary/aromatic N) is 5. The van der Waals surface area contributed by atoms with Gasteiger partial charge in [-0.15, -0.1) is 10.2 Å². The monoisotopic (exact) mass is 478 g/mol. The van der Waals surface area contributed by atoms with E-state index in [0.29, 0.717) is 18.0 Å². The molecule has 1 aliphatic heterocycles. The normalized spacial score (nSPS) is 14.8. The van der Waals surface area contributed by atoms with Gasteiger partial charge in [0.25, 0.3) is 5.91 Å². The van der Waals surface area contributed by atoms with Crippen molar-refractivity contribution in [1.82, 2.24) is 30.0 Å². The van der Waals surface area contributed by atoms with Gasteiger partial charge in [0.1, 0.15) is 17.3 Å². The third kappa shape index (κ3) is 5.79. The summed E-state index contributed by atoms with van der Waals surface area (Å²) in [5, 5.41) is 12.2. The molecule has 1 aromatic carbocycles. The zero-order valence-corrected chi connectivity index (χ0v) is 20.9. The van der Waals surface area contributed by atoms with Gasteiger partial charge >= 0.3 is 0 Å². The number of carbonyl (C=O) groups is 1. The average Bonchev–Trinajstić information content (AvgIpc) is 3.17. The molecule has 0 saturated carbocycles. The van der Waals surface area contributed by atoms with E-state index < -0.39 is 0 Å². The van der Waals surface area contributed by atoms with Crippen LogP contribution in [0.4, 0.5) is 0 Å². The van der Waals surface area contributed by atoms with E-state index in [4.69, 9.17) is 9.47 Å². The molecule has 186 valence electrons. The minimum Gasteiger partial charge on any atom is -0.496 e. The molecule has 4 rings (SSSR count). The number of carbonyl (C=O) groups excluding carboxylic acids is 1. The third-order valence-electron chi connectivity index (χ3n) is 6.31. The van der Waals surface area contributed by atoms with Crippen molar-refractivity contribution < 1.29 is 14.3 Å². The summed E-state index contributed by atoms with van der Waals surface area (Å²) in [5.74, 6) is 3.62. The zero-order valence-electron chi connectivity index (χ0n) is 20.9. The molecule has 0 saturated heterocycles. The lowest BCUT2D eigenvalue weighted by molar-refractivity contribution is 0.0928. The Balaban J connectivity index is 1.52. The number of hydrogen-bond acceptors (Lipinski definition) is 7. The molecule has 0 bridgehead atoms. The number of amides is 1. The first kappa shape index (κ1) is 24.7. The minimum absolute atomic E-state index is 0.153. The summed E-state index contributed by atoms with van der Waals surface area (Å²) in [7, 11) is 3.37. The second-order valence-electron chi connectivity index (χ2n) is 9.19. The largest absolute Gasteiger partial charge is 0.496 e. The molecule has 0 spiro atoms. The summed E-state index contributed by atoms with van der Waals surface area (Å²) < 4.78 is 13.4. The first-order valence-electron chi connectivity index (χ1n) is 12.0. The van der Waals surface area contributed by atoms with Gasteiger partial charge in [-0.1, -0.05) is 19.9 Å². The number of rotatable bonds is 9. The molecule has 0 aliphatic carbocycles. The fourth-order valence-electron chi connectivity index (χ4n) is 4.55. The standard InChI is InChI=1S/C26H34N6O3/c1-18(2)15-21(28-26(33)19-7-6-11-27-16-19)25-30-29-24-10-12-31(13-14-32(24)25)17-20-22(34-3)8-5-9-23(20)35-4/h5-9,11,16,18,21H,10,12-15,17H2,1-4H3,(H,28,33). The first-order chi connectivity index (χ1) is 17.0. The highest BCUT2D eigenvalue weighted by atomic mass is 16.5. The molecule has 1 aliphatic rings. The highest BCUT2D eigenvalue weighted by Crippen LogP contribution is 2.30. The summed E-state index contributed by atoms with van der Waals surface area (Å²) in [6.07, 6.45) is 4.78. The topological polar surface area (TPSA) is 94.4 Å². The van der Waals surface area contributed by atoms with Crippen LogP contribution in [0.5, 0.6) is 11.5 Å². The van der Waals surface area contributed by atoms with E-state index in [2.05, 4.69) is 43.8 Å². The molecule has 3 aromatic rings. The average molecular weight is 479 g/mol. The Labute approximate surface area is 206 Å². The van der Waals surface area contributed by atoms with Crippen molar-refractivity contribution in [3.8, 4) is 11.5 Å². The number of benzene rings is 1. The molecule has 0 fully saturated rings. The molecule has 9 heteroatoms. The van der Waals surface area contributed by atoms with Gasteiger partial charge in [0.15, 0.2) is 5.82 Å². The van der Waals surface area contributed by atoms with Gasteiger partial charge in [-0.05, 0) is 36.6 Å². The number of pyridine rings is 1. The predicted molar refractivity (Wildman–Crippen MR) is 132 cm³/mol. The summed E-state index contributed by atoms with van der Waals surface area (Å²) >= 11 is 0. The summed E-state index contributed by atoms with van der Waals surface area (Å²) in [6.45, 7) is 7.41. The third-order valence-corrected chi connectivity index (χ3v) is 6.31. The van der Waals surface area contributed by atoms with Crippen LogP contribution in [0.1, 0.15) is 53.9 Å². The Morgan fingerprint density at radius 2 is 1.83 bits per heavy atom. The van der Waals surface area contributed by atoms with E-state index in [1.807, 2.05) is 18.2 Å². The molecule has 1 N–H and O–H groups in total. The number of fused-ring (bicyclic) bond motifs is 1. The first-order valence-corrected chi connectivity index (χ1v) is 12.0. The van der Waals surface area contributed by atoms with Crippen LogP contribution in [-0.4, -0.2) is 57.9 Å². The van der Waals surface area contributed by atoms with Crippen LogP contribution in [0.2, 0.25) is 0 Å². The van der Waals surface area contributed by atoms with E-state index in [9.17, 15) is 4.79 Å². The molecule has 1 amide bonds. The lowest BCUT2D eigenvalue weighted by atomic mass is 10.0. The Kier molecular flexibility index (Phi) is 7.97. The lowest BCUT2D eigenvalue weighted by Gasteiger charge is -2.23. The molecule has 0 radical (unpaired) electrons. The van der Waals surface area contributed by atoms with Crippen LogP contribution in [0, 0.1) is 5.92 Å². The quantitative estimate of drug-likeness (QED) is 0.504. The van der Waals surface area contributed by atoms with Gasteiger partial charge in [-0.3, -0.25) is 14.7 Å². The van der Waals surface area contributed by atoms with Gasteiger partial charge in [-0.2, -0.15) is 0 Å². The van der Waals surface area contributed by atoms with Crippen LogP contribution in [0.15, 0.2) is 42.7 Å². The van der Waals surface area contributed by atoms with Crippen LogP contribution < -0.4 is 14.8 Å².